The molecule has 1 fully saturated rings. The Hall–Kier alpha value is -0.740. The van der Waals surface area contributed by atoms with Gasteiger partial charge in [-0.25, -0.2) is 4.98 Å². The van der Waals surface area contributed by atoms with Crippen molar-refractivity contribution in [1.29, 1.82) is 0 Å². The summed E-state index contributed by atoms with van der Waals surface area (Å²) >= 11 is 3.52. The zero-order valence-corrected chi connectivity index (χ0v) is 14.7. The van der Waals surface area contributed by atoms with Gasteiger partial charge in [0.25, 0.3) is 0 Å². The quantitative estimate of drug-likeness (QED) is 0.737. The fourth-order valence-electron chi connectivity index (χ4n) is 3.28. The average molecular weight is 321 g/mol. The number of anilines is 1. The Morgan fingerprint density at radius 2 is 2.19 bits per heavy atom. The third-order valence-corrected chi connectivity index (χ3v) is 6.58. The number of hydrogen-bond acceptors (Lipinski definition) is 4. The second-order valence-electron chi connectivity index (χ2n) is 6.38. The normalized spacial score (nSPS) is 22.9. The first-order valence-electron chi connectivity index (χ1n) is 7.87. The van der Waals surface area contributed by atoms with Gasteiger partial charge in [-0.05, 0) is 49.1 Å². The molecule has 1 saturated carbocycles. The predicted octanol–water partition coefficient (Wildman–Crippen LogP) is 5.64. The van der Waals surface area contributed by atoms with Crippen LogP contribution in [0.25, 0.3) is 10.2 Å². The van der Waals surface area contributed by atoms with Gasteiger partial charge in [0, 0.05) is 11.7 Å². The molecule has 21 heavy (non-hydrogen) atoms. The minimum Gasteiger partial charge on any atom is -0.382 e. The highest BCUT2D eigenvalue weighted by atomic mass is 32.2. The van der Waals surface area contributed by atoms with E-state index in [1.807, 2.05) is 0 Å². The van der Waals surface area contributed by atoms with Gasteiger partial charge in [0.1, 0.15) is 0 Å². The summed E-state index contributed by atoms with van der Waals surface area (Å²) in [5.41, 5.74) is 2.38. The van der Waals surface area contributed by atoms with Crippen LogP contribution in [0.2, 0.25) is 0 Å². The minimum absolute atomic E-state index is 0.636. The Labute approximate surface area is 135 Å². The molecule has 1 aromatic heterocycles. The highest BCUT2D eigenvalue weighted by Gasteiger charge is 2.24. The Bertz CT molecular complexity index is 606. The molecule has 114 valence electrons. The van der Waals surface area contributed by atoms with Gasteiger partial charge in [0.2, 0.25) is 0 Å². The monoisotopic (exact) mass is 320 g/mol. The summed E-state index contributed by atoms with van der Waals surface area (Å²) in [6.07, 6.45) is 7.47. The van der Waals surface area contributed by atoms with Crippen LogP contribution in [0.4, 0.5) is 5.69 Å². The van der Waals surface area contributed by atoms with Crippen molar-refractivity contribution in [2.75, 3.05) is 11.6 Å². The summed E-state index contributed by atoms with van der Waals surface area (Å²) in [4.78, 5) is 4.61. The number of fused-ring (bicyclic) bond motifs is 1. The zero-order valence-electron chi connectivity index (χ0n) is 13.1. The first kappa shape index (κ1) is 15.2. The molecule has 1 heterocycles. The van der Waals surface area contributed by atoms with Crippen LogP contribution in [0.3, 0.4) is 0 Å². The lowest BCUT2D eigenvalue weighted by Gasteiger charge is -2.32. The summed E-state index contributed by atoms with van der Waals surface area (Å²) in [6.45, 7) is 4.72. The van der Waals surface area contributed by atoms with E-state index in [1.165, 1.54) is 36.1 Å². The van der Waals surface area contributed by atoms with Crippen molar-refractivity contribution in [2.24, 2.45) is 11.8 Å². The molecule has 2 nitrogen and oxygen atoms in total. The summed E-state index contributed by atoms with van der Waals surface area (Å²) in [5, 5.41) is 3.76. The average Bonchev–Trinajstić information content (AvgIpc) is 2.90. The largest absolute Gasteiger partial charge is 0.382 e. The number of thiazole rings is 1. The second-order valence-corrected chi connectivity index (χ2v) is 8.46. The number of thioether (sulfide) groups is 1. The molecule has 0 saturated heterocycles. The third-order valence-electron chi connectivity index (χ3n) is 4.57. The molecular formula is C17H24N2S2. The summed E-state index contributed by atoms with van der Waals surface area (Å²) in [7, 11) is 0. The van der Waals surface area contributed by atoms with Crippen LogP contribution in [0, 0.1) is 11.8 Å². The Kier molecular flexibility index (Phi) is 4.75. The summed E-state index contributed by atoms with van der Waals surface area (Å²) in [6, 6.07) is 7.24. The van der Waals surface area contributed by atoms with Crippen molar-refractivity contribution in [2.45, 2.75) is 49.9 Å². The first-order chi connectivity index (χ1) is 10.2. The van der Waals surface area contributed by atoms with E-state index >= 15 is 0 Å². The maximum Gasteiger partial charge on any atom is 0.150 e. The molecule has 2 aromatic rings. The fourth-order valence-corrected chi connectivity index (χ4v) is 4.81. The standard InChI is InChI=1S/C17H24N2S2/c1-11(2)12-5-4-6-13(9-12)18-14-7-8-15-16(10-14)21-17(19-15)20-3/h7-8,10-13,18H,4-6,9H2,1-3H3. The highest BCUT2D eigenvalue weighted by molar-refractivity contribution is 8.00. The highest BCUT2D eigenvalue weighted by Crippen LogP contribution is 2.33. The van der Waals surface area contributed by atoms with Gasteiger partial charge in [0.05, 0.1) is 10.2 Å². The molecule has 4 heteroatoms. The Morgan fingerprint density at radius 1 is 1.33 bits per heavy atom. The SMILES string of the molecule is CSc1nc2ccc(NC3CCCC(C(C)C)C3)cc2s1. The number of nitrogens with one attached hydrogen (secondary N) is 1. The van der Waals surface area contributed by atoms with Gasteiger partial charge in [-0.3, -0.25) is 0 Å². The Morgan fingerprint density at radius 3 is 2.95 bits per heavy atom. The maximum absolute atomic E-state index is 4.61. The van der Waals surface area contributed by atoms with Crippen LogP contribution >= 0.6 is 23.1 Å². The summed E-state index contributed by atoms with van der Waals surface area (Å²) < 4.78 is 2.44. The van der Waals surface area contributed by atoms with Gasteiger partial charge in [0.15, 0.2) is 4.34 Å². The number of aromatic nitrogens is 1. The molecule has 0 amide bonds. The van der Waals surface area contributed by atoms with E-state index < -0.39 is 0 Å². The van der Waals surface area contributed by atoms with Crippen LogP contribution in [0.1, 0.15) is 39.5 Å². The molecule has 1 N–H and O–H groups in total. The summed E-state index contributed by atoms with van der Waals surface area (Å²) in [5.74, 6) is 1.69. The van der Waals surface area contributed by atoms with Gasteiger partial charge in [-0.1, -0.05) is 38.5 Å². The number of rotatable bonds is 4. The zero-order chi connectivity index (χ0) is 14.8. The van der Waals surface area contributed by atoms with E-state index in [-0.39, 0.29) is 0 Å². The molecule has 0 radical (unpaired) electrons. The number of benzene rings is 1. The smallest absolute Gasteiger partial charge is 0.150 e. The predicted molar refractivity (Wildman–Crippen MR) is 95.6 cm³/mol. The Balaban J connectivity index is 1.72. The minimum atomic E-state index is 0.636. The van der Waals surface area contributed by atoms with Gasteiger partial charge >= 0.3 is 0 Å². The molecule has 2 unspecified atom stereocenters. The van der Waals surface area contributed by atoms with E-state index in [4.69, 9.17) is 0 Å². The lowest BCUT2D eigenvalue weighted by molar-refractivity contribution is 0.264. The lowest BCUT2D eigenvalue weighted by atomic mass is 9.79. The van der Waals surface area contributed by atoms with Crippen molar-refractivity contribution in [3.63, 3.8) is 0 Å². The topological polar surface area (TPSA) is 24.9 Å². The van der Waals surface area contributed by atoms with E-state index in [9.17, 15) is 0 Å². The molecule has 0 aliphatic heterocycles. The molecule has 1 aliphatic carbocycles. The molecule has 2 atom stereocenters. The number of nitrogens with zero attached hydrogens (tertiary/aromatic N) is 1. The second kappa shape index (κ2) is 6.57. The van der Waals surface area contributed by atoms with Crippen LogP contribution in [-0.4, -0.2) is 17.3 Å². The van der Waals surface area contributed by atoms with Crippen molar-refractivity contribution in [3.8, 4) is 0 Å². The molecule has 1 aliphatic rings. The van der Waals surface area contributed by atoms with Gasteiger partial charge in [-0.2, -0.15) is 0 Å². The van der Waals surface area contributed by atoms with Crippen LogP contribution in [0.5, 0.6) is 0 Å². The maximum atomic E-state index is 4.61. The molecule has 0 bridgehead atoms. The van der Waals surface area contributed by atoms with E-state index in [0.717, 1.165) is 21.7 Å². The van der Waals surface area contributed by atoms with Crippen molar-refractivity contribution < 1.29 is 0 Å². The number of hydrogen-bond donors (Lipinski definition) is 1. The van der Waals surface area contributed by atoms with E-state index in [2.05, 4.69) is 48.6 Å². The first-order valence-corrected chi connectivity index (χ1v) is 9.91. The third kappa shape index (κ3) is 3.54. The molecule has 3 rings (SSSR count). The van der Waals surface area contributed by atoms with Crippen molar-refractivity contribution >= 4 is 39.0 Å². The van der Waals surface area contributed by atoms with Crippen LogP contribution in [-0.2, 0) is 0 Å². The van der Waals surface area contributed by atoms with E-state index in [1.54, 1.807) is 23.1 Å². The van der Waals surface area contributed by atoms with Crippen molar-refractivity contribution in [3.05, 3.63) is 18.2 Å². The molecule has 1 aromatic carbocycles. The fraction of sp³-hybridized carbons (Fsp3) is 0.588. The van der Waals surface area contributed by atoms with E-state index in [0.29, 0.717) is 6.04 Å². The molecule has 0 spiro atoms. The van der Waals surface area contributed by atoms with Crippen LogP contribution < -0.4 is 5.32 Å². The van der Waals surface area contributed by atoms with Gasteiger partial charge < -0.3 is 5.32 Å². The van der Waals surface area contributed by atoms with Gasteiger partial charge in [-0.15, -0.1) is 11.3 Å². The molecular weight excluding hydrogens is 296 g/mol. The van der Waals surface area contributed by atoms with Crippen LogP contribution in [0.15, 0.2) is 22.5 Å². The van der Waals surface area contributed by atoms with Crippen molar-refractivity contribution in [1.82, 2.24) is 4.98 Å². The lowest BCUT2D eigenvalue weighted by Crippen LogP contribution is -2.29.